The molecule has 2 rings (SSSR count). The molecule has 20 heavy (non-hydrogen) atoms. The fraction of sp³-hybridized carbons (Fsp3) is 0.0667. The smallest absolute Gasteiger partial charge is 0.228 e. The standard InChI is InChI=1S/C15H10ClFN2O/c16-13-6-5-12(8-14(13)17)19-15(20)7-10-1-3-11(9-18)4-2-10/h1-6,8H,7H2,(H,19,20). The maximum Gasteiger partial charge on any atom is 0.228 e. The van der Waals surface area contributed by atoms with E-state index in [1.54, 1.807) is 24.3 Å². The number of anilines is 1. The Kier molecular flexibility index (Phi) is 4.34. The number of halogens is 2. The van der Waals surface area contributed by atoms with Crippen LogP contribution in [-0.2, 0) is 11.2 Å². The summed E-state index contributed by atoms with van der Waals surface area (Å²) in [5, 5.41) is 11.3. The maximum atomic E-state index is 13.2. The molecule has 0 bridgehead atoms. The summed E-state index contributed by atoms with van der Waals surface area (Å²) in [6.07, 6.45) is 0.149. The van der Waals surface area contributed by atoms with Crippen molar-refractivity contribution in [3.8, 4) is 6.07 Å². The van der Waals surface area contributed by atoms with Crippen molar-refractivity contribution in [1.29, 1.82) is 5.26 Å². The van der Waals surface area contributed by atoms with E-state index < -0.39 is 5.82 Å². The summed E-state index contributed by atoms with van der Waals surface area (Å²) in [5.74, 6) is -0.848. The van der Waals surface area contributed by atoms with Gasteiger partial charge in [0.1, 0.15) is 5.82 Å². The van der Waals surface area contributed by atoms with E-state index in [0.717, 1.165) is 5.56 Å². The molecule has 0 spiro atoms. The molecule has 0 aliphatic carbocycles. The molecule has 0 saturated carbocycles. The Hall–Kier alpha value is -2.38. The molecule has 0 aliphatic heterocycles. The third-order valence-electron chi connectivity index (χ3n) is 2.65. The molecule has 0 heterocycles. The van der Waals surface area contributed by atoms with Gasteiger partial charge in [0.25, 0.3) is 0 Å². The summed E-state index contributed by atoms with van der Waals surface area (Å²) >= 11 is 5.56. The van der Waals surface area contributed by atoms with Crippen LogP contribution in [-0.4, -0.2) is 5.91 Å². The van der Waals surface area contributed by atoms with Gasteiger partial charge >= 0.3 is 0 Å². The first-order chi connectivity index (χ1) is 9.58. The topological polar surface area (TPSA) is 52.9 Å². The monoisotopic (exact) mass is 288 g/mol. The summed E-state index contributed by atoms with van der Waals surface area (Å²) in [4.78, 5) is 11.8. The van der Waals surface area contributed by atoms with Crippen molar-refractivity contribution in [3.05, 3.63) is 64.4 Å². The van der Waals surface area contributed by atoms with Gasteiger partial charge in [-0.15, -0.1) is 0 Å². The zero-order chi connectivity index (χ0) is 14.5. The number of nitrogens with one attached hydrogen (secondary N) is 1. The molecule has 0 radical (unpaired) electrons. The largest absolute Gasteiger partial charge is 0.326 e. The lowest BCUT2D eigenvalue weighted by Crippen LogP contribution is -2.14. The minimum absolute atomic E-state index is 0.00934. The summed E-state index contributed by atoms with van der Waals surface area (Å²) in [6, 6.07) is 12.8. The van der Waals surface area contributed by atoms with Crippen molar-refractivity contribution in [3.63, 3.8) is 0 Å². The lowest BCUT2D eigenvalue weighted by atomic mass is 10.1. The minimum Gasteiger partial charge on any atom is -0.326 e. The fourth-order valence-corrected chi connectivity index (χ4v) is 1.78. The normalized spacial score (nSPS) is 9.85. The number of rotatable bonds is 3. The Labute approximate surface area is 120 Å². The summed E-state index contributed by atoms with van der Waals surface area (Å²) in [5.41, 5.74) is 1.66. The van der Waals surface area contributed by atoms with E-state index in [-0.39, 0.29) is 17.4 Å². The van der Waals surface area contributed by atoms with Crippen LogP contribution in [0.4, 0.5) is 10.1 Å². The average molecular weight is 289 g/mol. The Morgan fingerprint density at radius 2 is 1.95 bits per heavy atom. The van der Waals surface area contributed by atoms with Crippen LogP contribution in [0.1, 0.15) is 11.1 Å². The van der Waals surface area contributed by atoms with Crippen molar-refractivity contribution < 1.29 is 9.18 Å². The van der Waals surface area contributed by atoms with Gasteiger partial charge in [0.05, 0.1) is 23.1 Å². The van der Waals surface area contributed by atoms with Crippen LogP contribution in [0.5, 0.6) is 0 Å². The highest BCUT2D eigenvalue weighted by Gasteiger charge is 2.06. The fourth-order valence-electron chi connectivity index (χ4n) is 1.66. The van der Waals surface area contributed by atoms with Crippen LogP contribution in [0.15, 0.2) is 42.5 Å². The Morgan fingerprint density at radius 3 is 2.55 bits per heavy atom. The molecule has 3 nitrogen and oxygen atoms in total. The number of benzene rings is 2. The van der Waals surface area contributed by atoms with Crippen molar-refractivity contribution in [2.45, 2.75) is 6.42 Å². The Bertz CT molecular complexity index is 677. The molecule has 0 aromatic heterocycles. The maximum absolute atomic E-state index is 13.2. The molecule has 1 N–H and O–H groups in total. The lowest BCUT2D eigenvalue weighted by Gasteiger charge is -2.06. The summed E-state index contributed by atoms with van der Waals surface area (Å²) in [6.45, 7) is 0. The molecule has 100 valence electrons. The molecule has 0 aliphatic rings. The predicted molar refractivity (Wildman–Crippen MR) is 74.9 cm³/mol. The quantitative estimate of drug-likeness (QED) is 0.939. The number of nitriles is 1. The molecule has 5 heteroatoms. The van der Waals surface area contributed by atoms with Crippen LogP contribution in [0.2, 0.25) is 5.02 Å². The van der Waals surface area contributed by atoms with Crippen LogP contribution < -0.4 is 5.32 Å². The number of carbonyl (C=O) groups excluding carboxylic acids is 1. The highest BCUT2D eigenvalue weighted by Crippen LogP contribution is 2.18. The molecule has 0 saturated heterocycles. The zero-order valence-corrected chi connectivity index (χ0v) is 11.1. The molecule has 2 aromatic carbocycles. The predicted octanol–water partition coefficient (Wildman–Crippen LogP) is 3.53. The summed E-state index contributed by atoms with van der Waals surface area (Å²) < 4.78 is 13.2. The number of carbonyl (C=O) groups is 1. The van der Waals surface area contributed by atoms with Gasteiger partial charge in [-0.05, 0) is 35.9 Å². The third-order valence-corrected chi connectivity index (χ3v) is 2.96. The zero-order valence-electron chi connectivity index (χ0n) is 10.4. The first-order valence-electron chi connectivity index (χ1n) is 5.82. The molecule has 1 amide bonds. The van der Waals surface area contributed by atoms with Crippen LogP contribution in [0.25, 0.3) is 0 Å². The molecule has 0 fully saturated rings. The van der Waals surface area contributed by atoms with Crippen molar-refractivity contribution >= 4 is 23.2 Å². The summed E-state index contributed by atoms with van der Waals surface area (Å²) in [7, 11) is 0. The van der Waals surface area contributed by atoms with Crippen LogP contribution in [0.3, 0.4) is 0 Å². The number of hydrogen-bond donors (Lipinski definition) is 1. The van der Waals surface area contributed by atoms with Gasteiger partial charge in [-0.3, -0.25) is 4.79 Å². The van der Waals surface area contributed by atoms with Crippen molar-refractivity contribution in [2.24, 2.45) is 0 Å². The second-order valence-corrected chi connectivity index (χ2v) is 4.57. The van der Waals surface area contributed by atoms with E-state index in [1.165, 1.54) is 18.2 Å². The minimum atomic E-state index is -0.581. The average Bonchev–Trinajstić information content (AvgIpc) is 2.44. The highest BCUT2D eigenvalue weighted by atomic mass is 35.5. The van der Waals surface area contributed by atoms with E-state index in [2.05, 4.69) is 5.32 Å². The van der Waals surface area contributed by atoms with E-state index in [0.29, 0.717) is 11.3 Å². The SMILES string of the molecule is N#Cc1ccc(CC(=O)Nc2ccc(Cl)c(F)c2)cc1. The lowest BCUT2D eigenvalue weighted by molar-refractivity contribution is -0.115. The van der Waals surface area contributed by atoms with Crippen LogP contribution in [0, 0.1) is 17.1 Å². The van der Waals surface area contributed by atoms with Gasteiger partial charge in [0.15, 0.2) is 0 Å². The number of nitrogens with zero attached hydrogens (tertiary/aromatic N) is 1. The van der Waals surface area contributed by atoms with Gasteiger partial charge in [0, 0.05) is 5.69 Å². The van der Waals surface area contributed by atoms with E-state index in [1.807, 2.05) is 6.07 Å². The van der Waals surface area contributed by atoms with E-state index in [9.17, 15) is 9.18 Å². The number of amides is 1. The second-order valence-electron chi connectivity index (χ2n) is 4.16. The molecule has 0 atom stereocenters. The van der Waals surface area contributed by atoms with Gasteiger partial charge in [-0.2, -0.15) is 5.26 Å². The molecule has 2 aromatic rings. The molecular weight excluding hydrogens is 279 g/mol. The third kappa shape index (κ3) is 3.56. The van der Waals surface area contributed by atoms with Gasteiger partial charge in [-0.25, -0.2) is 4.39 Å². The molecular formula is C15H10ClFN2O. The van der Waals surface area contributed by atoms with Crippen LogP contribution >= 0.6 is 11.6 Å². The van der Waals surface area contributed by atoms with Gasteiger partial charge in [0.2, 0.25) is 5.91 Å². The van der Waals surface area contributed by atoms with Crippen molar-refractivity contribution in [2.75, 3.05) is 5.32 Å². The van der Waals surface area contributed by atoms with E-state index >= 15 is 0 Å². The second kappa shape index (κ2) is 6.18. The van der Waals surface area contributed by atoms with Crippen molar-refractivity contribution in [1.82, 2.24) is 0 Å². The molecule has 0 unspecified atom stereocenters. The number of hydrogen-bond acceptors (Lipinski definition) is 2. The first kappa shape index (κ1) is 14.0. The van der Waals surface area contributed by atoms with Gasteiger partial charge in [-0.1, -0.05) is 23.7 Å². The first-order valence-corrected chi connectivity index (χ1v) is 6.20. The Morgan fingerprint density at radius 1 is 1.25 bits per heavy atom. The van der Waals surface area contributed by atoms with E-state index in [4.69, 9.17) is 16.9 Å². The van der Waals surface area contributed by atoms with Gasteiger partial charge < -0.3 is 5.32 Å². The Balaban J connectivity index is 2.01. The highest BCUT2D eigenvalue weighted by molar-refractivity contribution is 6.30.